The fourth-order valence-electron chi connectivity index (χ4n) is 6.25. The first-order valence-electron chi connectivity index (χ1n) is 17.3. The van der Waals surface area contributed by atoms with Crippen LogP contribution in [0.1, 0.15) is 85.2 Å². The van der Waals surface area contributed by atoms with Crippen LogP contribution in [0, 0.1) is 0 Å². The van der Waals surface area contributed by atoms with E-state index in [1.807, 2.05) is 73.8 Å². The number of aliphatic hydroxyl groups is 1. The van der Waals surface area contributed by atoms with E-state index in [1.165, 1.54) is 4.31 Å². The molecule has 4 N–H and O–H groups in total. The molecule has 4 rings (SSSR count). The lowest BCUT2D eigenvalue weighted by atomic mass is 9.93. The molecule has 0 unspecified atom stereocenters. The molecule has 11 heteroatoms. The van der Waals surface area contributed by atoms with Crippen molar-refractivity contribution < 1.29 is 33.2 Å². The molecule has 3 aromatic rings. The minimum atomic E-state index is -3.60. The molecule has 1 heterocycles. The summed E-state index contributed by atoms with van der Waals surface area (Å²) in [5, 5.41) is 16.7. The number of methoxy groups -OCH3 is 1. The topological polar surface area (TPSA) is 133 Å². The lowest BCUT2D eigenvalue weighted by Crippen LogP contribution is -2.95. The Hall–Kier alpha value is -3.93. The molecule has 49 heavy (non-hydrogen) atoms. The fourth-order valence-corrected chi connectivity index (χ4v) is 7.87. The van der Waals surface area contributed by atoms with Crippen molar-refractivity contribution in [3.05, 3.63) is 95.1 Å². The number of hydrogen-bond donors (Lipinski definition) is 3. The molecule has 10 nitrogen and oxygen atoms in total. The van der Waals surface area contributed by atoms with Gasteiger partial charge in [-0.15, -0.1) is 0 Å². The number of nitrogens with two attached hydrogens (primary N) is 1. The third kappa shape index (κ3) is 10.1. The first-order valence-corrected chi connectivity index (χ1v) is 19.0. The van der Waals surface area contributed by atoms with Gasteiger partial charge in [0.05, 0.1) is 24.6 Å². The first-order chi connectivity index (χ1) is 23.4. The zero-order valence-corrected chi connectivity index (χ0v) is 30.3. The summed E-state index contributed by atoms with van der Waals surface area (Å²) < 4.78 is 33.0. The lowest BCUT2D eigenvalue weighted by Gasteiger charge is -2.30. The molecular weight excluding hydrogens is 641 g/mol. The summed E-state index contributed by atoms with van der Waals surface area (Å²) in [5.74, 6) is 0.0242. The molecule has 0 aromatic heterocycles. The first kappa shape index (κ1) is 37.9. The van der Waals surface area contributed by atoms with Gasteiger partial charge < -0.3 is 25.4 Å². The quantitative estimate of drug-likeness (QED) is 0.207. The Balaban J connectivity index is 1.65. The zero-order valence-electron chi connectivity index (χ0n) is 29.5. The SMILES string of the molecule is CCCN(CCC)C(=O)c1cc(C(=O)N[C@@H](Cc2ccccc2)[C@H](O)C[NH2+]C(C)(C)c2cccc(OC)c2)cc(N2CCCCS2(=O)=O)c1. The predicted molar refractivity (Wildman–Crippen MR) is 194 cm³/mol. The van der Waals surface area contributed by atoms with Gasteiger partial charge in [0.15, 0.2) is 0 Å². The summed E-state index contributed by atoms with van der Waals surface area (Å²) >= 11 is 0. The molecule has 0 aliphatic carbocycles. The summed E-state index contributed by atoms with van der Waals surface area (Å²) in [5.41, 5.74) is 2.31. The van der Waals surface area contributed by atoms with Crippen LogP contribution in [0.25, 0.3) is 0 Å². The van der Waals surface area contributed by atoms with Gasteiger partial charge in [0.2, 0.25) is 10.0 Å². The van der Waals surface area contributed by atoms with Crippen molar-refractivity contribution >= 4 is 27.5 Å². The number of quaternary nitrogens is 1. The molecule has 2 amide bonds. The van der Waals surface area contributed by atoms with Gasteiger partial charge in [0, 0.05) is 36.3 Å². The van der Waals surface area contributed by atoms with Crippen LogP contribution < -0.4 is 19.7 Å². The molecule has 2 atom stereocenters. The van der Waals surface area contributed by atoms with Crippen LogP contribution in [0.15, 0.2) is 72.8 Å². The predicted octanol–water partition coefficient (Wildman–Crippen LogP) is 4.09. The monoisotopic (exact) mass is 693 g/mol. The fraction of sp³-hybridized carbons (Fsp3) is 0.474. The summed E-state index contributed by atoms with van der Waals surface area (Å²) in [6.45, 7) is 9.81. The van der Waals surface area contributed by atoms with E-state index in [9.17, 15) is 23.1 Å². The van der Waals surface area contributed by atoms with Crippen molar-refractivity contribution in [3.63, 3.8) is 0 Å². The Bertz CT molecular complexity index is 1660. The van der Waals surface area contributed by atoms with Crippen LogP contribution in [0.4, 0.5) is 5.69 Å². The number of anilines is 1. The molecule has 1 aliphatic heterocycles. The van der Waals surface area contributed by atoms with Gasteiger partial charge in [-0.2, -0.15) is 0 Å². The maximum Gasteiger partial charge on any atom is 0.253 e. The highest BCUT2D eigenvalue weighted by Gasteiger charge is 2.32. The van der Waals surface area contributed by atoms with Gasteiger partial charge in [-0.3, -0.25) is 13.9 Å². The highest BCUT2D eigenvalue weighted by atomic mass is 32.2. The standard InChI is InChI=1S/C38H52N4O6S/c1-6-18-41(19-7-2)37(45)30-23-29(24-32(25-30)42-20-11-12-21-49(42,46)47)36(44)40-34(22-28-14-9-8-10-15-28)35(43)27-39-38(3,4)31-16-13-17-33(26-31)48-5/h8-10,13-17,23-26,34-35,39,43H,6-7,11-12,18-22,27H2,1-5H3,(H,40,44)/p+1/t34-,35+/m0/s1. The number of aliphatic hydroxyl groups excluding tert-OH is 1. The average molecular weight is 694 g/mol. The van der Waals surface area contributed by atoms with Crippen LogP contribution in [0.5, 0.6) is 5.75 Å². The Kier molecular flexibility index (Phi) is 13.2. The molecule has 1 fully saturated rings. The Labute approximate surface area is 291 Å². The normalized spacial score (nSPS) is 15.7. The van der Waals surface area contributed by atoms with Crippen molar-refractivity contribution in [2.45, 2.75) is 77.5 Å². The minimum absolute atomic E-state index is 0.0124. The van der Waals surface area contributed by atoms with E-state index in [1.54, 1.807) is 30.2 Å². The number of nitrogens with zero attached hydrogens (tertiary/aromatic N) is 2. The van der Waals surface area contributed by atoms with Crippen LogP contribution in [-0.2, 0) is 22.0 Å². The number of nitrogens with one attached hydrogen (secondary N) is 1. The Morgan fingerprint density at radius 3 is 2.33 bits per heavy atom. The molecule has 0 saturated carbocycles. The summed E-state index contributed by atoms with van der Waals surface area (Å²) in [4.78, 5) is 29.6. The number of rotatable bonds is 16. The molecule has 3 aromatic carbocycles. The second kappa shape index (κ2) is 17.1. The Morgan fingerprint density at radius 1 is 0.980 bits per heavy atom. The van der Waals surface area contributed by atoms with E-state index in [0.717, 1.165) is 29.7 Å². The molecule has 0 spiro atoms. The van der Waals surface area contributed by atoms with Crippen molar-refractivity contribution in [1.82, 2.24) is 10.2 Å². The lowest BCUT2D eigenvalue weighted by molar-refractivity contribution is -0.734. The number of amides is 2. The summed E-state index contributed by atoms with van der Waals surface area (Å²) in [6.07, 6.45) is 2.22. The second-order valence-corrected chi connectivity index (χ2v) is 15.4. The maximum absolute atomic E-state index is 14.1. The van der Waals surface area contributed by atoms with Crippen LogP contribution >= 0.6 is 0 Å². The third-order valence-corrected chi connectivity index (χ3v) is 11.0. The van der Waals surface area contributed by atoms with Gasteiger partial charge >= 0.3 is 0 Å². The number of ether oxygens (including phenoxy) is 1. The van der Waals surface area contributed by atoms with Gasteiger partial charge in [-0.1, -0.05) is 56.3 Å². The van der Waals surface area contributed by atoms with E-state index >= 15 is 0 Å². The van der Waals surface area contributed by atoms with Gasteiger partial charge in [-0.25, -0.2) is 8.42 Å². The van der Waals surface area contributed by atoms with Crippen molar-refractivity contribution in [2.24, 2.45) is 0 Å². The van der Waals surface area contributed by atoms with E-state index < -0.39 is 33.6 Å². The number of carbonyl (C=O) groups excluding carboxylic acids is 2. The van der Waals surface area contributed by atoms with Gasteiger partial charge in [0.25, 0.3) is 11.8 Å². The van der Waals surface area contributed by atoms with Crippen molar-refractivity contribution in [3.8, 4) is 5.75 Å². The largest absolute Gasteiger partial charge is 0.497 e. The van der Waals surface area contributed by atoms with Gasteiger partial charge in [-0.05, 0) is 81.8 Å². The number of sulfonamides is 1. The molecular formula is C38H53N4O6S+. The van der Waals surface area contributed by atoms with Gasteiger partial charge in [0.1, 0.15) is 23.9 Å². The van der Waals surface area contributed by atoms with Crippen LogP contribution in [-0.4, -0.2) is 81.4 Å². The van der Waals surface area contributed by atoms with E-state index in [-0.39, 0.29) is 29.3 Å². The molecule has 0 radical (unpaired) electrons. The van der Waals surface area contributed by atoms with E-state index in [4.69, 9.17) is 4.74 Å². The van der Waals surface area contributed by atoms with Crippen LogP contribution in [0.3, 0.4) is 0 Å². The number of hydrogen-bond acceptors (Lipinski definition) is 6. The summed E-state index contributed by atoms with van der Waals surface area (Å²) in [7, 11) is -1.98. The highest BCUT2D eigenvalue weighted by Crippen LogP contribution is 2.27. The zero-order chi connectivity index (χ0) is 35.6. The third-order valence-electron chi connectivity index (χ3n) is 9.10. The van der Waals surface area contributed by atoms with E-state index in [2.05, 4.69) is 19.2 Å². The maximum atomic E-state index is 14.1. The summed E-state index contributed by atoms with van der Waals surface area (Å²) in [6, 6.07) is 21.5. The Morgan fingerprint density at radius 2 is 1.67 bits per heavy atom. The molecule has 1 saturated heterocycles. The smallest absolute Gasteiger partial charge is 0.253 e. The highest BCUT2D eigenvalue weighted by molar-refractivity contribution is 7.92. The second-order valence-electron chi connectivity index (χ2n) is 13.4. The van der Waals surface area contributed by atoms with Crippen LogP contribution in [0.2, 0.25) is 0 Å². The minimum Gasteiger partial charge on any atom is -0.497 e. The van der Waals surface area contributed by atoms with Crippen molar-refractivity contribution in [1.29, 1.82) is 0 Å². The van der Waals surface area contributed by atoms with E-state index in [0.29, 0.717) is 44.6 Å². The molecule has 0 bridgehead atoms. The molecule has 266 valence electrons. The number of carbonyl (C=O) groups is 2. The van der Waals surface area contributed by atoms with Crippen molar-refractivity contribution in [2.75, 3.05) is 43.3 Å². The average Bonchev–Trinajstić information content (AvgIpc) is 3.10. The molecule has 1 aliphatic rings. The number of benzene rings is 3.